The minimum Gasteiger partial charge on any atom is -0.358 e. The number of rotatable bonds is 4. The van der Waals surface area contributed by atoms with Crippen LogP contribution in [0.5, 0.6) is 0 Å². The molecule has 2 rings (SSSR count). The second kappa shape index (κ2) is 5.93. The van der Waals surface area contributed by atoms with E-state index in [1.807, 2.05) is 17.8 Å². The number of carbonyl (C=O) groups is 1. The van der Waals surface area contributed by atoms with Crippen LogP contribution in [0.2, 0.25) is 0 Å². The van der Waals surface area contributed by atoms with Crippen molar-refractivity contribution in [2.75, 3.05) is 12.8 Å². The highest BCUT2D eigenvalue weighted by atomic mass is 32.2. The Morgan fingerprint density at radius 2 is 2.05 bits per heavy atom. The SMILES string of the molecule is CNC(=O)CSc1ncc(-c2ccc(C)cc2)n1C. The van der Waals surface area contributed by atoms with E-state index in [1.165, 1.54) is 17.3 Å². The maximum Gasteiger partial charge on any atom is 0.230 e. The molecular formula is C14H17N3OS. The van der Waals surface area contributed by atoms with Gasteiger partial charge in [0.25, 0.3) is 0 Å². The fraction of sp³-hybridized carbons (Fsp3) is 0.286. The Bertz CT molecular complexity index is 575. The minimum atomic E-state index is 0.00452. The van der Waals surface area contributed by atoms with Gasteiger partial charge in [0.15, 0.2) is 5.16 Å². The number of amides is 1. The van der Waals surface area contributed by atoms with E-state index < -0.39 is 0 Å². The molecule has 0 saturated carbocycles. The Hall–Kier alpha value is -1.75. The third kappa shape index (κ3) is 3.17. The van der Waals surface area contributed by atoms with E-state index in [1.54, 1.807) is 7.05 Å². The molecule has 0 spiro atoms. The number of nitrogens with zero attached hydrogens (tertiary/aromatic N) is 2. The predicted octanol–water partition coefficient (Wildman–Crippen LogP) is 2.23. The zero-order valence-electron chi connectivity index (χ0n) is 11.3. The molecule has 1 heterocycles. The average molecular weight is 275 g/mol. The van der Waals surface area contributed by atoms with Gasteiger partial charge in [-0.25, -0.2) is 4.98 Å². The van der Waals surface area contributed by atoms with Gasteiger partial charge in [-0.05, 0) is 12.5 Å². The van der Waals surface area contributed by atoms with Crippen LogP contribution in [0.4, 0.5) is 0 Å². The molecule has 0 aliphatic rings. The van der Waals surface area contributed by atoms with Crippen molar-refractivity contribution in [1.82, 2.24) is 14.9 Å². The van der Waals surface area contributed by atoms with Crippen LogP contribution in [-0.4, -0.2) is 28.3 Å². The van der Waals surface area contributed by atoms with Crippen LogP contribution in [0.3, 0.4) is 0 Å². The van der Waals surface area contributed by atoms with Crippen LogP contribution in [0.15, 0.2) is 35.6 Å². The molecule has 0 fully saturated rings. The van der Waals surface area contributed by atoms with E-state index in [9.17, 15) is 4.79 Å². The quantitative estimate of drug-likeness (QED) is 0.870. The third-order valence-corrected chi connectivity index (χ3v) is 3.95. The number of hydrogen-bond donors (Lipinski definition) is 1. The van der Waals surface area contributed by atoms with Gasteiger partial charge >= 0.3 is 0 Å². The summed E-state index contributed by atoms with van der Waals surface area (Å²) < 4.78 is 2.01. The van der Waals surface area contributed by atoms with Crippen molar-refractivity contribution in [2.24, 2.45) is 7.05 Å². The van der Waals surface area contributed by atoms with E-state index in [0.717, 1.165) is 16.4 Å². The van der Waals surface area contributed by atoms with Crippen LogP contribution in [-0.2, 0) is 11.8 Å². The summed E-state index contributed by atoms with van der Waals surface area (Å²) in [5, 5.41) is 3.45. The number of hydrogen-bond acceptors (Lipinski definition) is 3. The summed E-state index contributed by atoms with van der Waals surface area (Å²) in [5.74, 6) is 0.388. The lowest BCUT2D eigenvalue weighted by molar-refractivity contribution is -0.118. The molecule has 5 heteroatoms. The van der Waals surface area contributed by atoms with E-state index in [4.69, 9.17) is 0 Å². The van der Waals surface area contributed by atoms with Crippen molar-refractivity contribution in [3.63, 3.8) is 0 Å². The lowest BCUT2D eigenvalue weighted by Crippen LogP contribution is -2.20. The Labute approximate surface area is 117 Å². The van der Waals surface area contributed by atoms with Gasteiger partial charge < -0.3 is 9.88 Å². The van der Waals surface area contributed by atoms with Crippen LogP contribution in [0.1, 0.15) is 5.56 Å². The van der Waals surface area contributed by atoms with Crippen molar-refractivity contribution in [2.45, 2.75) is 12.1 Å². The molecule has 0 aliphatic carbocycles. The molecule has 0 aliphatic heterocycles. The van der Waals surface area contributed by atoms with Gasteiger partial charge in [0, 0.05) is 14.1 Å². The first kappa shape index (κ1) is 13.7. The number of carbonyl (C=O) groups excluding carboxylic acids is 1. The Morgan fingerprint density at radius 1 is 1.37 bits per heavy atom. The lowest BCUT2D eigenvalue weighted by Gasteiger charge is -2.06. The van der Waals surface area contributed by atoms with E-state index in [2.05, 4.69) is 41.5 Å². The molecule has 0 saturated heterocycles. The largest absolute Gasteiger partial charge is 0.358 e. The monoisotopic (exact) mass is 275 g/mol. The maximum absolute atomic E-state index is 11.2. The smallest absolute Gasteiger partial charge is 0.230 e. The molecule has 1 aromatic heterocycles. The maximum atomic E-state index is 11.2. The third-order valence-electron chi connectivity index (χ3n) is 2.90. The highest BCUT2D eigenvalue weighted by Gasteiger charge is 2.10. The van der Waals surface area contributed by atoms with Crippen molar-refractivity contribution in [3.05, 3.63) is 36.0 Å². The zero-order chi connectivity index (χ0) is 13.8. The summed E-state index contributed by atoms with van der Waals surface area (Å²) in [7, 11) is 3.60. The highest BCUT2D eigenvalue weighted by Crippen LogP contribution is 2.24. The predicted molar refractivity (Wildman–Crippen MR) is 78.2 cm³/mol. The average Bonchev–Trinajstić information content (AvgIpc) is 2.78. The Balaban J connectivity index is 2.18. The topological polar surface area (TPSA) is 46.9 Å². The summed E-state index contributed by atoms with van der Waals surface area (Å²) in [6.45, 7) is 2.07. The number of benzene rings is 1. The van der Waals surface area contributed by atoms with Crippen LogP contribution in [0.25, 0.3) is 11.3 Å². The lowest BCUT2D eigenvalue weighted by atomic mass is 10.1. The van der Waals surface area contributed by atoms with Crippen LogP contribution >= 0.6 is 11.8 Å². The number of thioether (sulfide) groups is 1. The summed E-state index contributed by atoms with van der Waals surface area (Å²) in [6, 6.07) is 8.33. The molecule has 1 N–H and O–H groups in total. The number of nitrogens with one attached hydrogen (secondary N) is 1. The highest BCUT2D eigenvalue weighted by molar-refractivity contribution is 7.99. The second-order valence-corrected chi connectivity index (χ2v) is 5.26. The first-order valence-corrected chi connectivity index (χ1v) is 7.02. The zero-order valence-corrected chi connectivity index (χ0v) is 12.1. The Morgan fingerprint density at radius 3 is 2.68 bits per heavy atom. The molecule has 1 amide bonds. The van der Waals surface area contributed by atoms with Gasteiger partial charge in [0.2, 0.25) is 5.91 Å². The first-order chi connectivity index (χ1) is 9.11. The molecule has 100 valence electrons. The fourth-order valence-electron chi connectivity index (χ4n) is 1.72. The molecule has 1 aromatic carbocycles. The van der Waals surface area contributed by atoms with Gasteiger partial charge in [-0.15, -0.1) is 0 Å². The first-order valence-electron chi connectivity index (χ1n) is 6.04. The fourth-order valence-corrected chi connectivity index (χ4v) is 2.55. The van der Waals surface area contributed by atoms with Crippen molar-refractivity contribution in [1.29, 1.82) is 0 Å². The van der Waals surface area contributed by atoms with E-state index >= 15 is 0 Å². The van der Waals surface area contributed by atoms with Crippen LogP contribution < -0.4 is 5.32 Å². The molecule has 19 heavy (non-hydrogen) atoms. The second-order valence-electron chi connectivity index (χ2n) is 4.31. The van der Waals surface area contributed by atoms with E-state index in [0.29, 0.717) is 5.75 Å². The van der Waals surface area contributed by atoms with Crippen molar-refractivity contribution in [3.8, 4) is 11.3 Å². The van der Waals surface area contributed by atoms with E-state index in [-0.39, 0.29) is 5.91 Å². The molecule has 4 nitrogen and oxygen atoms in total. The van der Waals surface area contributed by atoms with Gasteiger partial charge in [-0.1, -0.05) is 41.6 Å². The van der Waals surface area contributed by atoms with Gasteiger partial charge in [-0.2, -0.15) is 0 Å². The number of imidazole rings is 1. The normalized spacial score (nSPS) is 10.5. The molecular weight excluding hydrogens is 258 g/mol. The van der Waals surface area contributed by atoms with Crippen molar-refractivity contribution >= 4 is 17.7 Å². The van der Waals surface area contributed by atoms with Gasteiger partial charge in [-0.3, -0.25) is 4.79 Å². The molecule has 0 bridgehead atoms. The molecule has 0 unspecified atom stereocenters. The molecule has 0 atom stereocenters. The summed E-state index contributed by atoms with van der Waals surface area (Å²) in [6.07, 6.45) is 1.84. The summed E-state index contributed by atoms with van der Waals surface area (Å²) in [5.41, 5.74) is 3.42. The standard InChI is InChI=1S/C14H17N3OS/c1-10-4-6-11(7-5-10)12-8-16-14(17(12)3)19-9-13(18)15-2/h4-8H,9H2,1-3H3,(H,15,18). The van der Waals surface area contributed by atoms with Crippen molar-refractivity contribution < 1.29 is 4.79 Å². The van der Waals surface area contributed by atoms with Crippen LogP contribution in [0, 0.1) is 6.92 Å². The molecule has 0 radical (unpaired) electrons. The minimum absolute atomic E-state index is 0.00452. The summed E-state index contributed by atoms with van der Waals surface area (Å²) in [4.78, 5) is 15.6. The van der Waals surface area contributed by atoms with Gasteiger partial charge in [0.05, 0.1) is 17.6 Å². The molecule has 2 aromatic rings. The number of aromatic nitrogens is 2. The Kier molecular flexibility index (Phi) is 4.27. The summed E-state index contributed by atoms with van der Waals surface area (Å²) >= 11 is 1.44. The number of aryl methyl sites for hydroxylation is 1. The van der Waals surface area contributed by atoms with Gasteiger partial charge in [0.1, 0.15) is 0 Å².